The van der Waals surface area contributed by atoms with E-state index < -0.39 is 0 Å². The van der Waals surface area contributed by atoms with Crippen LogP contribution in [0.2, 0.25) is 0 Å². The van der Waals surface area contributed by atoms with Crippen LogP contribution in [0.5, 0.6) is 0 Å². The van der Waals surface area contributed by atoms with Crippen LogP contribution in [0.1, 0.15) is 13.8 Å². The summed E-state index contributed by atoms with van der Waals surface area (Å²) < 4.78 is 0. The molecule has 0 aromatic carbocycles. The molecule has 1 heterocycles. The van der Waals surface area contributed by atoms with Crippen molar-refractivity contribution in [3.63, 3.8) is 0 Å². The summed E-state index contributed by atoms with van der Waals surface area (Å²) >= 11 is 0. The van der Waals surface area contributed by atoms with Crippen molar-refractivity contribution in [1.29, 1.82) is 0 Å². The lowest BCUT2D eigenvalue weighted by atomic mass is 10.1. The van der Waals surface area contributed by atoms with Gasteiger partial charge in [0, 0.05) is 32.4 Å². The van der Waals surface area contributed by atoms with Crippen molar-refractivity contribution in [3.05, 3.63) is 23.4 Å². The number of likely N-dealkylation sites (N-methyl/N-ethyl adjacent to an activating group) is 2. The van der Waals surface area contributed by atoms with E-state index in [2.05, 4.69) is 44.3 Å². The molecule has 0 aromatic rings. The molecule has 2 heteroatoms. The highest BCUT2D eigenvalue weighted by atomic mass is 15.2. The van der Waals surface area contributed by atoms with E-state index in [0.29, 0.717) is 0 Å². The number of nitrogens with zero attached hydrogens (tertiary/aromatic N) is 2. The third-order valence-electron chi connectivity index (χ3n) is 2.77. The lowest BCUT2D eigenvalue weighted by Crippen LogP contribution is -2.41. The van der Waals surface area contributed by atoms with Crippen LogP contribution in [0.15, 0.2) is 23.4 Å². The first-order chi connectivity index (χ1) is 6.02. The Labute approximate surface area is 81.5 Å². The van der Waals surface area contributed by atoms with E-state index in [0.717, 1.165) is 19.6 Å². The zero-order chi connectivity index (χ0) is 10.0. The van der Waals surface area contributed by atoms with Crippen molar-refractivity contribution in [1.82, 2.24) is 9.80 Å². The highest BCUT2D eigenvalue weighted by Crippen LogP contribution is 2.18. The van der Waals surface area contributed by atoms with Crippen LogP contribution in [0.4, 0.5) is 0 Å². The lowest BCUT2D eigenvalue weighted by molar-refractivity contribution is 0.227. The minimum Gasteiger partial charge on any atom is -0.375 e. The Balaban J connectivity index is 2.87. The van der Waals surface area contributed by atoms with Gasteiger partial charge in [-0.25, -0.2) is 0 Å². The van der Waals surface area contributed by atoms with E-state index in [1.54, 1.807) is 0 Å². The summed E-state index contributed by atoms with van der Waals surface area (Å²) in [4.78, 5) is 4.69. The average Bonchev–Trinajstić information content (AvgIpc) is 2.08. The maximum Gasteiger partial charge on any atom is 0.0384 e. The fourth-order valence-corrected chi connectivity index (χ4v) is 1.56. The number of piperazine rings is 1. The number of hydrogen-bond donors (Lipinski definition) is 0. The van der Waals surface area contributed by atoms with Gasteiger partial charge in [-0.15, -0.1) is 0 Å². The van der Waals surface area contributed by atoms with Gasteiger partial charge in [-0.05, 0) is 26.5 Å². The molecule has 0 unspecified atom stereocenters. The molecule has 1 rings (SSSR count). The summed E-state index contributed by atoms with van der Waals surface area (Å²) in [6, 6.07) is 0. The molecule has 0 bridgehead atoms. The van der Waals surface area contributed by atoms with Crippen molar-refractivity contribution in [3.8, 4) is 0 Å². The summed E-state index contributed by atoms with van der Waals surface area (Å²) in [5.41, 5.74) is 3.94. The second kappa shape index (κ2) is 3.97. The van der Waals surface area contributed by atoms with Gasteiger partial charge in [0.1, 0.15) is 0 Å². The predicted molar refractivity (Wildman–Crippen MR) is 57.6 cm³/mol. The molecule has 0 aliphatic carbocycles. The van der Waals surface area contributed by atoms with Gasteiger partial charge in [-0.3, -0.25) is 4.90 Å². The van der Waals surface area contributed by atoms with Gasteiger partial charge in [0.15, 0.2) is 0 Å². The molecule has 1 aliphatic rings. The number of rotatable bonds is 1. The van der Waals surface area contributed by atoms with Gasteiger partial charge in [-0.1, -0.05) is 12.2 Å². The molecule has 0 N–H and O–H groups in total. The molecule has 0 aromatic heterocycles. The fraction of sp³-hybridized carbons (Fsp3) is 0.636. The molecule has 2 nitrogen and oxygen atoms in total. The molecule has 0 spiro atoms. The molecular weight excluding hydrogens is 160 g/mol. The Morgan fingerprint density at radius 3 is 2.38 bits per heavy atom. The molecule has 74 valence electrons. The van der Waals surface area contributed by atoms with Crippen molar-refractivity contribution in [2.45, 2.75) is 13.8 Å². The van der Waals surface area contributed by atoms with Gasteiger partial charge in [0.05, 0.1) is 0 Å². The normalized spacial score (nSPS) is 23.2. The number of hydrogen-bond acceptors (Lipinski definition) is 2. The molecule has 1 aliphatic heterocycles. The smallest absolute Gasteiger partial charge is 0.0384 e. The Bertz CT molecular complexity index is 240. The summed E-state index contributed by atoms with van der Waals surface area (Å²) in [5.74, 6) is 0. The van der Waals surface area contributed by atoms with Crippen molar-refractivity contribution < 1.29 is 0 Å². The summed E-state index contributed by atoms with van der Waals surface area (Å²) in [5, 5.41) is 0. The second-order valence-electron chi connectivity index (χ2n) is 4.01. The van der Waals surface area contributed by atoms with E-state index >= 15 is 0 Å². The van der Waals surface area contributed by atoms with Crippen LogP contribution in [-0.4, -0.2) is 43.5 Å². The quantitative estimate of drug-likeness (QED) is 0.606. The van der Waals surface area contributed by atoms with Crippen LogP contribution in [0.25, 0.3) is 0 Å². The van der Waals surface area contributed by atoms with Crippen LogP contribution >= 0.6 is 0 Å². The van der Waals surface area contributed by atoms with E-state index in [4.69, 9.17) is 0 Å². The third-order valence-corrected chi connectivity index (χ3v) is 2.77. The maximum absolute atomic E-state index is 3.99. The van der Waals surface area contributed by atoms with Crippen LogP contribution in [-0.2, 0) is 0 Å². The van der Waals surface area contributed by atoms with E-state index in [1.165, 1.54) is 16.8 Å². The number of allylic oxidation sites excluding steroid dienone is 2. The first-order valence-corrected chi connectivity index (χ1v) is 4.77. The van der Waals surface area contributed by atoms with E-state index in [-0.39, 0.29) is 0 Å². The molecule has 0 radical (unpaired) electrons. The first kappa shape index (κ1) is 10.3. The average molecular weight is 180 g/mol. The molecule has 13 heavy (non-hydrogen) atoms. The second-order valence-corrected chi connectivity index (χ2v) is 4.01. The van der Waals surface area contributed by atoms with Gasteiger partial charge in [0.2, 0.25) is 0 Å². The fourth-order valence-electron chi connectivity index (χ4n) is 1.56. The van der Waals surface area contributed by atoms with E-state index in [9.17, 15) is 0 Å². The Kier molecular flexibility index (Phi) is 3.15. The monoisotopic (exact) mass is 180 g/mol. The molecule has 0 atom stereocenters. The maximum atomic E-state index is 3.99. The minimum atomic E-state index is 1.05. The summed E-state index contributed by atoms with van der Waals surface area (Å²) in [6.07, 6.45) is 0. The van der Waals surface area contributed by atoms with E-state index in [1.807, 2.05) is 0 Å². The molecule has 0 saturated carbocycles. The Morgan fingerprint density at radius 2 is 1.85 bits per heavy atom. The Morgan fingerprint density at radius 1 is 1.23 bits per heavy atom. The van der Waals surface area contributed by atoms with Gasteiger partial charge in [-0.2, -0.15) is 0 Å². The van der Waals surface area contributed by atoms with Crippen LogP contribution in [0, 0.1) is 0 Å². The topological polar surface area (TPSA) is 6.48 Å². The van der Waals surface area contributed by atoms with Gasteiger partial charge < -0.3 is 4.90 Å². The Hall–Kier alpha value is -0.760. The van der Waals surface area contributed by atoms with Crippen molar-refractivity contribution >= 4 is 0 Å². The molecular formula is C11H20N2. The zero-order valence-corrected chi connectivity index (χ0v) is 9.22. The third kappa shape index (κ3) is 2.34. The van der Waals surface area contributed by atoms with Crippen LogP contribution in [0.3, 0.4) is 0 Å². The van der Waals surface area contributed by atoms with Gasteiger partial charge >= 0.3 is 0 Å². The summed E-state index contributed by atoms with van der Waals surface area (Å²) in [7, 11) is 4.33. The standard InChI is InChI=1S/C11H20N2/c1-9(2)10(3)11-8-12(4)6-7-13(11)5/h1,6-8H2,2-5H3/b11-10-. The predicted octanol–water partition coefficient (Wildman–Crippen LogP) is 1.71. The largest absolute Gasteiger partial charge is 0.375 e. The minimum absolute atomic E-state index is 1.05. The zero-order valence-electron chi connectivity index (χ0n) is 9.22. The first-order valence-electron chi connectivity index (χ1n) is 4.77. The van der Waals surface area contributed by atoms with Crippen molar-refractivity contribution in [2.75, 3.05) is 33.7 Å². The molecule has 0 amide bonds. The highest BCUT2D eigenvalue weighted by Gasteiger charge is 2.16. The molecule has 1 saturated heterocycles. The van der Waals surface area contributed by atoms with Gasteiger partial charge in [0.25, 0.3) is 0 Å². The summed E-state index contributed by atoms with van der Waals surface area (Å²) in [6.45, 7) is 11.5. The highest BCUT2D eigenvalue weighted by molar-refractivity contribution is 5.30. The lowest BCUT2D eigenvalue weighted by Gasteiger charge is -2.35. The van der Waals surface area contributed by atoms with Crippen LogP contribution < -0.4 is 0 Å². The SMILES string of the molecule is C=C(C)/C(C)=C1/CN(C)CCN1C. The molecule has 1 fully saturated rings. The van der Waals surface area contributed by atoms with Crippen molar-refractivity contribution in [2.24, 2.45) is 0 Å².